The third-order valence-corrected chi connectivity index (χ3v) is 4.80. The predicted octanol–water partition coefficient (Wildman–Crippen LogP) is -0.583. The lowest BCUT2D eigenvalue weighted by atomic mass is 9.95. The number of nitrogens with one attached hydrogen (secondary N) is 2. The summed E-state index contributed by atoms with van der Waals surface area (Å²) < 4.78 is 25.1. The Hall–Kier alpha value is -0.660. The molecule has 1 amide bonds. The minimum Gasteiger partial charge on any atom is -0.355 e. The molecule has 2 atom stereocenters. The first-order valence-corrected chi connectivity index (χ1v) is 8.10. The van der Waals surface area contributed by atoms with E-state index in [1.165, 1.54) is 0 Å². The largest absolute Gasteiger partial charge is 0.355 e. The molecule has 0 aromatic heterocycles. The van der Waals surface area contributed by atoms with Crippen LogP contribution in [-0.4, -0.2) is 39.7 Å². The Balaban J connectivity index is 2.33. The molecule has 0 aliphatic heterocycles. The fourth-order valence-electron chi connectivity index (χ4n) is 2.40. The van der Waals surface area contributed by atoms with E-state index in [1.54, 1.807) is 6.92 Å². The second-order valence-corrected chi connectivity index (χ2v) is 6.57. The summed E-state index contributed by atoms with van der Waals surface area (Å²) in [7, 11) is -3.26. The molecule has 0 aromatic carbocycles. The number of amides is 1. The molecule has 7 heteroatoms. The molecule has 6 nitrogen and oxygen atoms in total. The second-order valence-electron chi connectivity index (χ2n) is 4.64. The van der Waals surface area contributed by atoms with Crippen LogP contribution in [-0.2, 0) is 14.8 Å². The van der Waals surface area contributed by atoms with Gasteiger partial charge in [0, 0.05) is 19.0 Å². The van der Waals surface area contributed by atoms with E-state index in [0.29, 0.717) is 13.1 Å². The first-order chi connectivity index (χ1) is 8.50. The molecular weight excluding hydrogens is 254 g/mol. The van der Waals surface area contributed by atoms with Gasteiger partial charge in [-0.3, -0.25) is 4.79 Å². The van der Waals surface area contributed by atoms with Crippen LogP contribution in [0, 0.1) is 11.8 Å². The van der Waals surface area contributed by atoms with Crippen molar-refractivity contribution in [1.29, 1.82) is 0 Å². The van der Waals surface area contributed by atoms with E-state index in [0.717, 1.165) is 19.3 Å². The fourth-order valence-corrected chi connectivity index (χ4v) is 3.35. The van der Waals surface area contributed by atoms with Crippen LogP contribution in [0.3, 0.4) is 0 Å². The molecular formula is C11H23N3O3S. The van der Waals surface area contributed by atoms with Crippen LogP contribution in [0.15, 0.2) is 0 Å². The maximum atomic E-state index is 11.9. The molecule has 18 heavy (non-hydrogen) atoms. The van der Waals surface area contributed by atoms with Crippen LogP contribution in [0.4, 0.5) is 0 Å². The van der Waals surface area contributed by atoms with Crippen LogP contribution in [0.5, 0.6) is 0 Å². The number of carbonyl (C=O) groups excluding carboxylic acids is 1. The zero-order chi connectivity index (χ0) is 13.6. The van der Waals surface area contributed by atoms with Gasteiger partial charge in [0.25, 0.3) is 0 Å². The molecule has 0 heterocycles. The van der Waals surface area contributed by atoms with Crippen molar-refractivity contribution in [3.05, 3.63) is 0 Å². The topological polar surface area (TPSA) is 101 Å². The van der Waals surface area contributed by atoms with Crippen LogP contribution in [0.1, 0.15) is 26.2 Å². The summed E-state index contributed by atoms with van der Waals surface area (Å²) in [4.78, 5) is 11.9. The van der Waals surface area contributed by atoms with E-state index >= 15 is 0 Å². The molecule has 2 unspecified atom stereocenters. The Morgan fingerprint density at radius 2 is 2.11 bits per heavy atom. The molecule has 1 aliphatic carbocycles. The molecule has 0 aromatic rings. The van der Waals surface area contributed by atoms with E-state index in [1.807, 2.05) is 0 Å². The van der Waals surface area contributed by atoms with Crippen molar-refractivity contribution in [2.45, 2.75) is 26.2 Å². The number of carbonyl (C=O) groups is 1. The highest BCUT2D eigenvalue weighted by Gasteiger charge is 2.31. The normalized spacial score (nSPS) is 24.1. The molecule has 0 radical (unpaired) electrons. The summed E-state index contributed by atoms with van der Waals surface area (Å²) in [6, 6.07) is 0. The molecule has 4 N–H and O–H groups in total. The third-order valence-electron chi connectivity index (χ3n) is 3.33. The molecule has 106 valence electrons. The number of rotatable bonds is 7. The average molecular weight is 277 g/mol. The lowest BCUT2D eigenvalue weighted by molar-refractivity contribution is -0.125. The van der Waals surface area contributed by atoms with E-state index in [-0.39, 0.29) is 30.0 Å². The molecule has 1 fully saturated rings. The van der Waals surface area contributed by atoms with Crippen LogP contribution >= 0.6 is 0 Å². The fraction of sp³-hybridized carbons (Fsp3) is 0.909. The van der Waals surface area contributed by atoms with E-state index in [4.69, 9.17) is 5.73 Å². The highest BCUT2D eigenvalue weighted by atomic mass is 32.2. The molecule has 0 spiro atoms. The highest BCUT2D eigenvalue weighted by molar-refractivity contribution is 7.89. The summed E-state index contributed by atoms with van der Waals surface area (Å²) in [5.41, 5.74) is 5.61. The Morgan fingerprint density at radius 1 is 1.39 bits per heavy atom. The van der Waals surface area contributed by atoms with Gasteiger partial charge in [-0.1, -0.05) is 13.3 Å². The summed E-state index contributed by atoms with van der Waals surface area (Å²) in [5, 5.41) is 2.69. The number of nitrogens with two attached hydrogens (primary N) is 1. The van der Waals surface area contributed by atoms with E-state index < -0.39 is 10.0 Å². The van der Waals surface area contributed by atoms with Crippen molar-refractivity contribution in [3.8, 4) is 0 Å². The zero-order valence-electron chi connectivity index (χ0n) is 10.8. The molecule has 0 bridgehead atoms. The van der Waals surface area contributed by atoms with Crippen molar-refractivity contribution in [2.75, 3.05) is 25.4 Å². The standard InChI is InChI=1S/C11H23N3O3S/c1-2-14-18(16,17)7-6-13-11(15)10-5-3-4-9(10)8-12/h9-10,14H,2-8,12H2,1H3,(H,13,15). The first-order valence-electron chi connectivity index (χ1n) is 6.45. The van der Waals surface area contributed by atoms with Crippen LogP contribution in [0.25, 0.3) is 0 Å². The predicted molar refractivity (Wildman–Crippen MR) is 70.4 cm³/mol. The maximum absolute atomic E-state index is 11.9. The van der Waals surface area contributed by atoms with Crippen LogP contribution < -0.4 is 15.8 Å². The minimum atomic E-state index is -3.26. The first kappa shape index (κ1) is 15.4. The highest BCUT2D eigenvalue weighted by Crippen LogP contribution is 2.30. The monoisotopic (exact) mass is 277 g/mol. The third kappa shape index (κ3) is 4.55. The second kappa shape index (κ2) is 7.06. The van der Waals surface area contributed by atoms with E-state index in [9.17, 15) is 13.2 Å². The molecule has 1 saturated carbocycles. The van der Waals surface area contributed by atoms with Gasteiger partial charge in [-0.2, -0.15) is 0 Å². The van der Waals surface area contributed by atoms with Crippen molar-refractivity contribution in [3.63, 3.8) is 0 Å². The van der Waals surface area contributed by atoms with Gasteiger partial charge in [-0.25, -0.2) is 13.1 Å². The van der Waals surface area contributed by atoms with E-state index in [2.05, 4.69) is 10.0 Å². The SMILES string of the molecule is CCNS(=O)(=O)CCNC(=O)C1CCCC1CN. The lowest BCUT2D eigenvalue weighted by Gasteiger charge is -2.17. The van der Waals surface area contributed by atoms with Crippen molar-refractivity contribution >= 4 is 15.9 Å². The van der Waals surface area contributed by atoms with Gasteiger partial charge in [0.05, 0.1) is 5.75 Å². The smallest absolute Gasteiger partial charge is 0.223 e. The van der Waals surface area contributed by atoms with Gasteiger partial charge in [0.15, 0.2) is 0 Å². The van der Waals surface area contributed by atoms with Crippen LogP contribution in [0.2, 0.25) is 0 Å². The Morgan fingerprint density at radius 3 is 2.72 bits per heavy atom. The van der Waals surface area contributed by atoms with Gasteiger partial charge < -0.3 is 11.1 Å². The van der Waals surface area contributed by atoms with Gasteiger partial charge in [-0.15, -0.1) is 0 Å². The van der Waals surface area contributed by atoms with Crippen molar-refractivity contribution in [1.82, 2.24) is 10.0 Å². The molecule has 1 rings (SSSR count). The quantitative estimate of drug-likeness (QED) is 0.579. The van der Waals surface area contributed by atoms with Gasteiger partial charge >= 0.3 is 0 Å². The lowest BCUT2D eigenvalue weighted by Crippen LogP contribution is -2.39. The summed E-state index contributed by atoms with van der Waals surface area (Å²) in [6.45, 7) is 2.77. The number of hydrogen-bond donors (Lipinski definition) is 3. The summed E-state index contributed by atoms with van der Waals surface area (Å²) in [5.74, 6) is 0.0638. The minimum absolute atomic E-state index is 0.0446. The van der Waals surface area contributed by atoms with Gasteiger partial charge in [0.1, 0.15) is 0 Å². The molecule has 1 aliphatic rings. The van der Waals surface area contributed by atoms with Crippen molar-refractivity contribution in [2.24, 2.45) is 17.6 Å². The Labute approximate surface area is 109 Å². The summed E-state index contributed by atoms with van der Waals surface area (Å²) >= 11 is 0. The Bertz CT molecular complexity index is 370. The average Bonchev–Trinajstić information content (AvgIpc) is 2.76. The number of hydrogen-bond acceptors (Lipinski definition) is 4. The van der Waals surface area contributed by atoms with Gasteiger partial charge in [0.2, 0.25) is 15.9 Å². The summed E-state index contributed by atoms with van der Waals surface area (Å²) in [6.07, 6.45) is 2.87. The van der Waals surface area contributed by atoms with Crippen molar-refractivity contribution < 1.29 is 13.2 Å². The molecule has 0 saturated heterocycles. The zero-order valence-corrected chi connectivity index (χ0v) is 11.6. The Kier molecular flexibility index (Phi) is 6.04. The number of sulfonamides is 1. The van der Waals surface area contributed by atoms with Gasteiger partial charge in [-0.05, 0) is 25.3 Å². The maximum Gasteiger partial charge on any atom is 0.223 e.